The van der Waals surface area contributed by atoms with E-state index in [1.165, 1.54) is 0 Å². The Balaban J connectivity index is 1.78. The SMILES string of the molecule is C=Cc1cccc2ccnc(N[C@@H]3CCCN(C(=O)OC(C)(C)C)C3)c12. The number of hydrogen-bond acceptors (Lipinski definition) is 4. The quantitative estimate of drug-likeness (QED) is 0.870. The molecule has 5 heteroatoms. The minimum absolute atomic E-state index is 0.146. The minimum Gasteiger partial charge on any atom is -0.444 e. The number of aromatic nitrogens is 1. The molecule has 0 bridgehead atoms. The summed E-state index contributed by atoms with van der Waals surface area (Å²) in [6.07, 6.45) is 5.35. The third kappa shape index (κ3) is 4.15. The lowest BCUT2D eigenvalue weighted by Crippen LogP contribution is -2.47. The summed E-state index contributed by atoms with van der Waals surface area (Å²) in [5.74, 6) is 0.842. The molecule has 1 aliphatic rings. The molecular weight excluding hydrogens is 326 g/mol. The molecule has 1 atom stereocenters. The van der Waals surface area contributed by atoms with Gasteiger partial charge in [0.15, 0.2) is 0 Å². The maximum absolute atomic E-state index is 12.4. The van der Waals surface area contributed by atoms with Gasteiger partial charge in [-0.15, -0.1) is 0 Å². The van der Waals surface area contributed by atoms with E-state index in [0.29, 0.717) is 6.54 Å². The third-order valence-corrected chi connectivity index (χ3v) is 4.46. The molecule has 1 fully saturated rings. The predicted molar refractivity (Wildman–Crippen MR) is 106 cm³/mol. The average Bonchev–Trinajstić information content (AvgIpc) is 2.60. The van der Waals surface area contributed by atoms with E-state index in [0.717, 1.165) is 41.5 Å². The van der Waals surface area contributed by atoms with E-state index < -0.39 is 5.60 Å². The largest absolute Gasteiger partial charge is 0.444 e. The number of carbonyl (C=O) groups is 1. The molecule has 0 unspecified atom stereocenters. The van der Waals surface area contributed by atoms with Crippen molar-refractivity contribution in [1.82, 2.24) is 9.88 Å². The highest BCUT2D eigenvalue weighted by Crippen LogP contribution is 2.27. The summed E-state index contributed by atoms with van der Waals surface area (Å²) in [5, 5.41) is 5.73. The number of amides is 1. The highest BCUT2D eigenvalue weighted by Gasteiger charge is 2.28. The van der Waals surface area contributed by atoms with Gasteiger partial charge in [-0.25, -0.2) is 9.78 Å². The molecule has 5 nitrogen and oxygen atoms in total. The number of nitrogens with one attached hydrogen (secondary N) is 1. The number of carbonyl (C=O) groups excluding carboxylic acids is 1. The zero-order valence-electron chi connectivity index (χ0n) is 15.8. The number of piperidine rings is 1. The summed E-state index contributed by atoms with van der Waals surface area (Å²) in [5.41, 5.74) is 0.575. The zero-order chi connectivity index (χ0) is 18.7. The summed E-state index contributed by atoms with van der Waals surface area (Å²) in [6, 6.07) is 8.28. The maximum Gasteiger partial charge on any atom is 0.410 e. The van der Waals surface area contributed by atoms with Gasteiger partial charge in [-0.3, -0.25) is 0 Å². The fraction of sp³-hybridized carbons (Fsp3) is 0.429. The molecule has 0 saturated carbocycles. The topological polar surface area (TPSA) is 54.5 Å². The summed E-state index contributed by atoms with van der Waals surface area (Å²) in [7, 11) is 0. The minimum atomic E-state index is -0.479. The van der Waals surface area contributed by atoms with Crippen molar-refractivity contribution in [3.63, 3.8) is 0 Å². The van der Waals surface area contributed by atoms with Crippen LogP contribution in [0.5, 0.6) is 0 Å². The van der Waals surface area contributed by atoms with Crippen molar-refractivity contribution >= 4 is 28.8 Å². The van der Waals surface area contributed by atoms with Gasteiger partial charge in [-0.2, -0.15) is 0 Å². The number of pyridine rings is 1. The Hall–Kier alpha value is -2.56. The molecule has 1 amide bonds. The lowest BCUT2D eigenvalue weighted by Gasteiger charge is -2.34. The average molecular weight is 353 g/mol. The molecule has 1 saturated heterocycles. The first-order valence-electron chi connectivity index (χ1n) is 9.12. The highest BCUT2D eigenvalue weighted by molar-refractivity contribution is 5.98. The molecule has 3 rings (SSSR count). The number of rotatable bonds is 3. The van der Waals surface area contributed by atoms with E-state index in [1.807, 2.05) is 51.2 Å². The van der Waals surface area contributed by atoms with Crippen molar-refractivity contribution in [2.24, 2.45) is 0 Å². The molecule has 1 aromatic heterocycles. The van der Waals surface area contributed by atoms with Crippen LogP contribution in [0.15, 0.2) is 37.0 Å². The first-order chi connectivity index (χ1) is 12.4. The predicted octanol–water partition coefficient (Wildman–Crippen LogP) is 4.69. The fourth-order valence-corrected chi connectivity index (χ4v) is 3.32. The Labute approximate surface area is 155 Å². The Morgan fingerprint density at radius 3 is 2.92 bits per heavy atom. The Bertz CT molecular complexity index is 805. The van der Waals surface area contributed by atoms with Gasteiger partial charge in [0, 0.05) is 30.7 Å². The first-order valence-corrected chi connectivity index (χ1v) is 9.12. The molecule has 0 spiro atoms. The summed E-state index contributed by atoms with van der Waals surface area (Å²) in [6.45, 7) is 10.9. The molecule has 1 N–H and O–H groups in total. The van der Waals surface area contributed by atoms with Gasteiger partial charge in [-0.05, 0) is 50.6 Å². The number of benzene rings is 1. The lowest BCUT2D eigenvalue weighted by molar-refractivity contribution is 0.0206. The summed E-state index contributed by atoms with van der Waals surface area (Å²) in [4.78, 5) is 18.7. The molecule has 138 valence electrons. The number of anilines is 1. The standard InChI is InChI=1S/C21H27N3O2/c1-5-15-8-6-9-16-11-12-22-19(18(15)16)23-17-10-7-13-24(14-17)20(25)26-21(2,3)4/h5-6,8-9,11-12,17H,1,7,10,13-14H2,2-4H3,(H,22,23)/t17-/m1/s1. The fourth-order valence-electron chi connectivity index (χ4n) is 3.32. The van der Waals surface area contributed by atoms with Crippen molar-refractivity contribution in [2.75, 3.05) is 18.4 Å². The van der Waals surface area contributed by atoms with Crippen LogP contribution < -0.4 is 5.32 Å². The van der Waals surface area contributed by atoms with Crippen LogP contribution in [0, 0.1) is 0 Å². The monoisotopic (exact) mass is 353 g/mol. The first kappa shape index (κ1) is 18.2. The smallest absolute Gasteiger partial charge is 0.410 e. The van der Waals surface area contributed by atoms with Gasteiger partial charge < -0.3 is 15.0 Å². The zero-order valence-corrected chi connectivity index (χ0v) is 15.8. The van der Waals surface area contributed by atoms with Crippen LogP contribution in [0.25, 0.3) is 16.8 Å². The van der Waals surface area contributed by atoms with Crippen LogP contribution in [0.3, 0.4) is 0 Å². The Morgan fingerprint density at radius 2 is 2.19 bits per heavy atom. The second kappa shape index (κ2) is 7.36. The molecule has 0 aliphatic carbocycles. The highest BCUT2D eigenvalue weighted by atomic mass is 16.6. The lowest BCUT2D eigenvalue weighted by atomic mass is 10.0. The summed E-state index contributed by atoms with van der Waals surface area (Å²) >= 11 is 0. The van der Waals surface area contributed by atoms with E-state index in [9.17, 15) is 4.79 Å². The van der Waals surface area contributed by atoms with Crippen LogP contribution in [0.1, 0.15) is 39.2 Å². The second-order valence-corrected chi connectivity index (χ2v) is 7.72. The maximum atomic E-state index is 12.4. The van der Waals surface area contributed by atoms with Crippen LogP contribution in [-0.4, -0.2) is 40.7 Å². The number of ether oxygens (including phenoxy) is 1. The van der Waals surface area contributed by atoms with Gasteiger partial charge in [0.2, 0.25) is 0 Å². The number of hydrogen-bond donors (Lipinski definition) is 1. The molecule has 2 aromatic rings. The third-order valence-electron chi connectivity index (χ3n) is 4.46. The second-order valence-electron chi connectivity index (χ2n) is 7.72. The van der Waals surface area contributed by atoms with E-state index in [-0.39, 0.29) is 12.1 Å². The molecule has 1 aromatic carbocycles. The molecule has 1 aliphatic heterocycles. The van der Waals surface area contributed by atoms with Gasteiger partial charge >= 0.3 is 6.09 Å². The Morgan fingerprint density at radius 1 is 1.38 bits per heavy atom. The molecule has 2 heterocycles. The Kier molecular flexibility index (Phi) is 5.16. The van der Waals surface area contributed by atoms with Crippen LogP contribution in [0.2, 0.25) is 0 Å². The van der Waals surface area contributed by atoms with Crippen LogP contribution in [0.4, 0.5) is 10.6 Å². The number of nitrogens with zero attached hydrogens (tertiary/aromatic N) is 2. The number of likely N-dealkylation sites (tertiary alicyclic amines) is 1. The summed E-state index contributed by atoms with van der Waals surface area (Å²) < 4.78 is 5.51. The van der Waals surface area contributed by atoms with Crippen LogP contribution >= 0.6 is 0 Å². The van der Waals surface area contributed by atoms with E-state index in [2.05, 4.69) is 22.9 Å². The van der Waals surface area contributed by atoms with Crippen molar-refractivity contribution in [1.29, 1.82) is 0 Å². The molecule has 0 radical (unpaired) electrons. The molecular formula is C21H27N3O2. The van der Waals surface area contributed by atoms with Gasteiger partial charge in [-0.1, -0.05) is 30.9 Å². The van der Waals surface area contributed by atoms with Crippen molar-refractivity contribution < 1.29 is 9.53 Å². The number of fused-ring (bicyclic) bond motifs is 1. The van der Waals surface area contributed by atoms with E-state index >= 15 is 0 Å². The van der Waals surface area contributed by atoms with Crippen LogP contribution in [-0.2, 0) is 4.74 Å². The van der Waals surface area contributed by atoms with E-state index in [4.69, 9.17) is 4.74 Å². The van der Waals surface area contributed by atoms with Crippen molar-refractivity contribution in [2.45, 2.75) is 45.3 Å². The van der Waals surface area contributed by atoms with E-state index in [1.54, 1.807) is 4.90 Å². The van der Waals surface area contributed by atoms with Gasteiger partial charge in [0.05, 0.1) is 0 Å². The van der Waals surface area contributed by atoms with Crippen molar-refractivity contribution in [3.8, 4) is 0 Å². The normalized spacial score (nSPS) is 17.8. The van der Waals surface area contributed by atoms with Gasteiger partial charge in [0.25, 0.3) is 0 Å². The molecule has 26 heavy (non-hydrogen) atoms. The van der Waals surface area contributed by atoms with Gasteiger partial charge in [0.1, 0.15) is 11.4 Å². The van der Waals surface area contributed by atoms with Crippen molar-refractivity contribution in [3.05, 3.63) is 42.6 Å².